The first kappa shape index (κ1) is 20.5. The number of nitrogens with one attached hydrogen (secondary N) is 1. The second-order valence-corrected chi connectivity index (χ2v) is 6.45. The van der Waals surface area contributed by atoms with E-state index in [1.165, 1.54) is 0 Å². The fourth-order valence-electron chi connectivity index (χ4n) is 2.15. The Bertz CT molecular complexity index is 665. The minimum absolute atomic E-state index is 0. The first-order chi connectivity index (χ1) is 11.0. The molecule has 1 atom stereocenters. The number of halogens is 2. The van der Waals surface area contributed by atoms with E-state index in [1.807, 2.05) is 50.2 Å². The molecule has 0 spiro atoms. The molecule has 0 aliphatic carbocycles. The molecular formula is C18H22BrClN2O2. The number of ether oxygens (including phenoxy) is 1. The fraction of sp³-hybridized carbons (Fsp3) is 0.278. The molecule has 0 saturated heterocycles. The van der Waals surface area contributed by atoms with Crippen molar-refractivity contribution in [3.05, 3.63) is 64.1 Å². The zero-order chi connectivity index (χ0) is 16.8. The number of hydrogen-bond donors (Lipinski definition) is 2. The van der Waals surface area contributed by atoms with Gasteiger partial charge >= 0.3 is 0 Å². The highest BCUT2D eigenvalue weighted by molar-refractivity contribution is 9.10. The van der Waals surface area contributed by atoms with Crippen LogP contribution >= 0.6 is 28.3 Å². The monoisotopic (exact) mass is 412 g/mol. The zero-order valence-electron chi connectivity index (χ0n) is 13.7. The Kier molecular flexibility index (Phi) is 8.25. The van der Waals surface area contributed by atoms with Gasteiger partial charge in [0.25, 0.3) is 5.91 Å². The van der Waals surface area contributed by atoms with Crippen LogP contribution in [0.25, 0.3) is 0 Å². The van der Waals surface area contributed by atoms with Gasteiger partial charge in [0.1, 0.15) is 5.75 Å². The molecule has 1 unspecified atom stereocenters. The third-order valence-electron chi connectivity index (χ3n) is 3.26. The third-order valence-corrected chi connectivity index (χ3v) is 3.75. The molecule has 0 fully saturated rings. The zero-order valence-corrected chi connectivity index (χ0v) is 16.1. The van der Waals surface area contributed by atoms with Crippen LogP contribution in [0.4, 0.5) is 0 Å². The van der Waals surface area contributed by atoms with Crippen molar-refractivity contribution in [2.24, 2.45) is 5.73 Å². The Hall–Kier alpha value is -1.56. The van der Waals surface area contributed by atoms with Crippen LogP contribution in [-0.2, 0) is 0 Å². The number of rotatable bonds is 6. The predicted octanol–water partition coefficient (Wildman–Crippen LogP) is 4.09. The molecule has 0 bridgehead atoms. The normalized spacial score (nSPS) is 11.5. The van der Waals surface area contributed by atoms with Gasteiger partial charge in [0, 0.05) is 17.1 Å². The molecule has 0 heterocycles. The number of hydrogen-bond acceptors (Lipinski definition) is 3. The largest absolute Gasteiger partial charge is 0.490 e. The van der Waals surface area contributed by atoms with Gasteiger partial charge in [-0.15, -0.1) is 12.4 Å². The van der Waals surface area contributed by atoms with Crippen molar-refractivity contribution in [2.45, 2.75) is 26.0 Å². The van der Waals surface area contributed by atoms with Gasteiger partial charge in [-0.1, -0.05) is 46.3 Å². The van der Waals surface area contributed by atoms with Gasteiger partial charge in [-0.2, -0.15) is 0 Å². The Balaban J connectivity index is 0.00000288. The molecule has 1 amide bonds. The van der Waals surface area contributed by atoms with Crippen molar-refractivity contribution in [3.8, 4) is 5.75 Å². The van der Waals surface area contributed by atoms with Crippen molar-refractivity contribution in [2.75, 3.05) is 6.54 Å². The Morgan fingerprint density at radius 3 is 2.50 bits per heavy atom. The number of nitrogens with two attached hydrogens (primary N) is 1. The van der Waals surface area contributed by atoms with Crippen molar-refractivity contribution in [1.29, 1.82) is 0 Å². The summed E-state index contributed by atoms with van der Waals surface area (Å²) >= 11 is 3.40. The average Bonchev–Trinajstić information content (AvgIpc) is 2.52. The summed E-state index contributed by atoms with van der Waals surface area (Å²) in [5.74, 6) is 0.361. The lowest BCUT2D eigenvalue weighted by Crippen LogP contribution is -2.32. The quantitative estimate of drug-likeness (QED) is 0.750. The van der Waals surface area contributed by atoms with Crippen LogP contribution in [0, 0.1) is 0 Å². The number of benzene rings is 2. The predicted molar refractivity (Wildman–Crippen MR) is 103 cm³/mol. The van der Waals surface area contributed by atoms with Gasteiger partial charge in [-0.25, -0.2) is 0 Å². The van der Waals surface area contributed by atoms with Crippen molar-refractivity contribution < 1.29 is 9.53 Å². The first-order valence-corrected chi connectivity index (χ1v) is 8.31. The molecule has 0 saturated carbocycles. The minimum Gasteiger partial charge on any atom is -0.490 e. The van der Waals surface area contributed by atoms with Crippen LogP contribution in [0.3, 0.4) is 0 Å². The second kappa shape index (κ2) is 9.67. The van der Waals surface area contributed by atoms with Gasteiger partial charge in [-0.3, -0.25) is 4.79 Å². The summed E-state index contributed by atoms with van der Waals surface area (Å²) in [6.45, 7) is 4.21. The lowest BCUT2D eigenvalue weighted by Gasteiger charge is -2.16. The van der Waals surface area contributed by atoms with E-state index in [1.54, 1.807) is 12.1 Å². The summed E-state index contributed by atoms with van der Waals surface area (Å²) in [6, 6.07) is 14.8. The lowest BCUT2D eigenvalue weighted by atomic mass is 10.1. The van der Waals surface area contributed by atoms with Crippen LogP contribution in [-0.4, -0.2) is 18.6 Å². The maximum absolute atomic E-state index is 12.4. The van der Waals surface area contributed by atoms with Crippen LogP contribution in [0.5, 0.6) is 5.75 Å². The molecule has 4 nitrogen and oxygen atoms in total. The lowest BCUT2D eigenvalue weighted by molar-refractivity contribution is 0.0945. The van der Waals surface area contributed by atoms with Crippen LogP contribution in [0.2, 0.25) is 0 Å². The van der Waals surface area contributed by atoms with Gasteiger partial charge in [-0.05, 0) is 37.6 Å². The van der Waals surface area contributed by atoms with Crippen molar-refractivity contribution >= 4 is 34.2 Å². The highest BCUT2D eigenvalue weighted by Gasteiger charge is 2.15. The number of carbonyl (C=O) groups is 1. The molecule has 24 heavy (non-hydrogen) atoms. The van der Waals surface area contributed by atoms with Crippen molar-refractivity contribution in [3.63, 3.8) is 0 Å². The van der Waals surface area contributed by atoms with E-state index in [0.717, 1.165) is 10.0 Å². The molecule has 0 aliphatic heterocycles. The van der Waals surface area contributed by atoms with E-state index in [9.17, 15) is 4.79 Å². The van der Waals surface area contributed by atoms with E-state index >= 15 is 0 Å². The number of carbonyl (C=O) groups excluding carboxylic acids is 1. The highest BCUT2D eigenvalue weighted by atomic mass is 79.9. The SMILES string of the molecule is CC(C)Oc1cc(Br)ccc1C(=O)NCC(N)c1ccccc1.Cl. The second-order valence-electron chi connectivity index (χ2n) is 5.53. The van der Waals surface area contributed by atoms with Gasteiger partial charge in [0.05, 0.1) is 11.7 Å². The topological polar surface area (TPSA) is 64.3 Å². The molecule has 130 valence electrons. The summed E-state index contributed by atoms with van der Waals surface area (Å²) in [7, 11) is 0. The maximum atomic E-state index is 12.4. The molecular weight excluding hydrogens is 392 g/mol. The molecule has 2 rings (SSSR count). The fourth-order valence-corrected chi connectivity index (χ4v) is 2.49. The van der Waals surface area contributed by atoms with Gasteiger partial charge < -0.3 is 15.8 Å². The Labute approximate surface area is 157 Å². The molecule has 2 aromatic carbocycles. The van der Waals surface area contributed by atoms with Crippen LogP contribution in [0.1, 0.15) is 35.8 Å². The standard InChI is InChI=1S/C18H21BrN2O2.ClH/c1-12(2)23-17-10-14(19)8-9-15(17)18(22)21-11-16(20)13-6-4-3-5-7-13;/h3-10,12,16H,11,20H2,1-2H3,(H,21,22);1H. The van der Waals surface area contributed by atoms with Gasteiger partial charge in [0.15, 0.2) is 0 Å². The van der Waals surface area contributed by atoms with Crippen LogP contribution in [0.15, 0.2) is 53.0 Å². The van der Waals surface area contributed by atoms with E-state index in [-0.39, 0.29) is 30.5 Å². The Morgan fingerprint density at radius 1 is 1.21 bits per heavy atom. The third kappa shape index (κ3) is 5.82. The minimum atomic E-state index is -0.245. The summed E-state index contributed by atoms with van der Waals surface area (Å²) < 4.78 is 6.58. The molecule has 6 heteroatoms. The summed E-state index contributed by atoms with van der Waals surface area (Å²) in [5.41, 5.74) is 7.60. The molecule has 0 aromatic heterocycles. The summed E-state index contributed by atoms with van der Waals surface area (Å²) in [6.07, 6.45) is -0.0116. The van der Waals surface area contributed by atoms with Crippen LogP contribution < -0.4 is 15.8 Å². The van der Waals surface area contributed by atoms with E-state index in [4.69, 9.17) is 10.5 Å². The van der Waals surface area contributed by atoms with Crippen molar-refractivity contribution in [1.82, 2.24) is 5.32 Å². The van der Waals surface area contributed by atoms with E-state index in [0.29, 0.717) is 17.9 Å². The smallest absolute Gasteiger partial charge is 0.255 e. The average molecular weight is 414 g/mol. The first-order valence-electron chi connectivity index (χ1n) is 7.52. The molecule has 2 aromatic rings. The maximum Gasteiger partial charge on any atom is 0.255 e. The summed E-state index contributed by atoms with van der Waals surface area (Å²) in [4.78, 5) is 12.4. The molecule has 0 aliphatic rings. The highest BCUT2D eigenvalue weighted by Crippen LogP contribution is 2.25. The molecule has 3 N–H and O–H groups in total. The van der Waals surface area contributed by atoms with Gasteiger partial charge in [0.2, 0.25) is 0 Å². The van der Waals surface area contributed by atoms with E-state index in [2.05, 4.69) is 21.2 Å². The number of amides is 1. The summed E-state index contributed by atoms with van der Waals surface area (Å²) in [5, 5.41) is 2.87. The Morgan fingerprint density at radius 2 is 1.88 bits per heavy atom. The molecule has 0 radical (unpaired) electrons. The van der Waals surface area contributed by atoms with E-state index < -0.39 is 0 Å².